The van der Waals surface area contributed by atoms with Crippen molar-refractivity contribution >= 4 is 81.7 Å². The van der Waals surface area contributed by atoms with E-state index < -0.39 is 0 Å². The molecule has 220 valence electrons. The van der Waals surface area contributed by atoms with Gasteiger partial charge in [0.2, 0.25) is 5.95 Å². The maximum absolute atomic E-state index is 9.71. The average Bonchev–Trinajstić information content (AvgIpc) is 3.77. The van der Waals surface area contributed by atoms with Gasteiger partial charge in [0.1, 0.15) is 0 Å². The summed E-state index contributed by atoms with van der Waals surface area (Å²) in [5.74, 6) is 0.539. The minimum atomic E-state index is 0.539. The number of benzene rings is 6. The van der Waals surface area contributed by atoms with Crippen LogP contribution in [-0.2, 0) is 0 Å². The van der Waals surface area contributed by atoms with Crippen LogP contribution in [0, 0.1) is 11.3 Å². The Morgan fingerprint density at radius 2 is 1.27 bits per heavy atom. The summed E-state index contributed by atoms with van der Waals surface area (Å²) in [5.41, 5.74) is 8.41. The summed E-state index contributed by atoms with van der Waals surface area (Å²) in [6.07, 6.45) is 1.77. The lowest BCUT2D eigenvalue weighted by atomic mass is 10.0. The summed E-state index contributed by atoms with van der Waals surface area (Å²) >= 11 is 0. The highest BCUT2D eigenvalue weighted by Crippen LogP contribution is 2.47. The number of pyridine rings is 1. The minimum absolute atomic E-state index is 0.539. The lowest BCUT2D eigenvalue weighted by Crippen LogP contribution is -2.04. The molecule has 0 saturated carbocycles. The van der Waals surface area contributed by atoms with Gasteiger partial charge >= 0.3 is 0 Å². The average molecular weight is 611 g/mol. The molecule has 48 heavy (non-hydrogen) atoms. The Morgan fingerprint density at radius 3 is 2.12 bits per heavy atom. The van der Waals surface area contributed by atoms with Gasteiger partial charge in [-0.2, -0.15) is 10.2 Å². The second kappa shape index (κ2) is 9.12. The first kappa shape index (κ1) is 25.4. The molecule has 6 aromatic carbocycles. The number of para-hydroxylation sites is 2. The van der Waals surface area contributed by atoms with Crippen LogP contribution in [0.4, 0.5) is 0 Å². The molecule has 0 saturated heterocycles. The van der Waals surface area contributed by atoms with Gasteiger partial charge in [-0.25, -0.2) is 9.97 Å². The highest BCUT2D eigenvalue weighted by Gasteiger charge is 2.26. The van der Waals surface area contributed by atoms with Crippen LogP contribution >= 0.6 is 0 Å². The van der Waals surface area contributed by atoms with Crippen molar-refractivity contribution in [2.24, 2.45) is 0 Å². The maximum Gasteiger partial charge on any atom is 0.237 e. The van der Waals surface area contributed by atoms with Crippen LogP contribution in [-0.4, -0.2) is 23.9 Å². The molecule has 11 rings (SSSR count). The Kier molecular flexibility index (Phi) is 4.82. The van der Waals surface area contributed by atoms with Crippen LogP contribution < -0.4 is 0 Å². The van der Waals surface area contributed by atoms with E-state index in [9.17, 15) is 5.26 Å². The molecule has 0 aliphatic heterocycles. The fraction of sp³-hybridized carbons (Fsp3) is 0. The topological polar surface area (TPSA) is 71.8 Å². The minimum Gasteiger partial charge on any atom is -0.308 e. The molecule has 0 aliphatic rings. The Hall–Kier alpha value is -6.84. The standard InChI is InChI=1S/C42H22N6/c43-23-24-9-7-12-27(19-24)38-30-15-8-18-44-41(30)46-42(45-38)48-35-17-6-4-14-29(35)32-22-31-28-13-3-5-16-34(28)47-36-21-26-11-2-1-10-25(26)20-33(36)37(39(31)47)40(32)48/h1-22H. The summed E-state index contributed by atoms with van der Waals surface area (Å²) in [7, 11) is 0. The fourth-order valence-corrected chi connectivity index (χ4v) is 7.90. The second-order valence-corrected chi connectivity index (χ2v) is 12.4. The van der Waals surface area contributed by atoms with Crippen molar-refractivity contribution in [2.45, 2.75) is 0 Å². The van der Waals surface area contributed by atoms with Crippen molar-refractivity contribution in [3.05, 3.63) is 139 Å². The van der Waals surface area contributed by atoms with E-state index in [4.69, 9.17) is 15.0 Å². The van der Waals surface area contributed by atoms with Gasteiger partial charge in [0, 0.05) is 49.5 Å². The Morgan fingerprint density at radius 1 is 0.542 bits per heavy atom. The number of hydrogen-bond donors (Lipinski definition) is 0. The number of rotatable bonds is 2. The third-order valence-corrected chi connectivity index (χ3v) is 9.89. The van der Waals surface area contributed by atoms with Gasteiger partial charge in [0.25, 0.3) is 0 Å². The molecule has 6 nitrogen and oxygen atoms in total. The molecule has 0 aliphatic carbocycles. The van der Waals surface area contributed by atoms with Crippen LogP contribution in [0.3, 0.4) is 0 Å². The van der Waals surface area contributed by atoms with Gasteiger partial charge < -0.3 is 4.40 Å². The third-order valence-electron chi connectivity index (χ3n) is 9.89. The number of hydrogen-bond acceptors (Lipinski definition) is 4. The molecule has 0 N–H and O–H groups in total. The molecule has 0 fully saturated rings. The Balaban J connectivity index is 1.38. The molecule has 0 spiro atoms. The van der Waals surface area contributed by atoms with Crippen LogP contribution in [0.2, 0.25) is 0 Å². The van der Waals surface area contributed by atoms with E-state index in [1.165, 1.54) is 48.9 Å². The number of nitrogens with zero attached hydrogens (tertiary/aromatic N) is 6. The number of nitriles is 1. The molecule has 11 aromatic rings. The molecular weight excluding hydrogens is 589 g/mol. The van der Waals surface area contributed by atoms with Crippen LogP contribution in [0.1, 0.15) is 5.56 Å². The molecule has 0 amide bonds. The predicted molar refractivity (Wildman–Crippen MR) is 194 cm³/mol. The summed E-state index contributed by atoms with van der Waals surface area (Å²) in [4.78, 5) is 15.2. The van der Waals surface area contributed by atoms with Crippen molar-refractivity contribution in [3.8, 4) is 23.3 Å². The van der Waals surface area contributed by atoms with E-state index in [0.717, 1.165) is 38.4 Å². The number of fused-ring (bicyclic) bond motifs is 12. The Bertz CT molecular complexity index is 3200. The molecule has 5 heterocycles. The molecule has 0 bridgehead atoms. The monoisotopic (exact) mass is 610 g/mol. The third kappa shape index (κ3) is 3.22. The molecule has 0 unspecified atom stereocenters. The van der Waals surface area contributed by atoms with Gasteiger partial charge in [-0.05, 0) is 65.4 Å². The van der Waals surface area contributed by atoms with Gasteiger partial charge in [0.05, 0.1) is 44.9 Å². The van der Waals surface area contributed by atoms with Gasteiger partial charge in [-0.3, -0.25) is 4.57 Å². The lowest BCUT2D eigenvalue weighted by molar-refractivity contribution is 1.01. The lowest BCUT2D eigenvalue weighted by Gasteiger charge is -2.12. The molecule has 0 radical (unpaired) electrons. The first-order valence-corrected chi connectivity index (χ1v) is 15.9. The van der Waals surface area contributed by atoms with Crippen LogP contribution in [0.5, 0.6) is 0 Å². The zero-order valence-corrected chi connectivity index (χ0v) is 25.4. The normalized spacial score (nSPS) is 12.1. The van der Waals surface area contributed by atoms with Crippen molar-refractivity contribution < 1.29 is 0 Å². The maximum atomic E-state index is 9.71. The number of aromatic nitrogens is 5. The van der Waals surface area contributed by atoms with Gasteiger partial charge in [0.15, 0.2) is 5.65 Å². The fourth-order valence-electron chi connectivity index (χ4n) is 7.90. The van der Waals surface area contributed by atoms with Gasteiger partial charge in [-0.1, -0.05) is 72.8 Å². The largest absolute Gasteiger partial charge is 0.308 e. The molecule has 0 atom stereocenters. The Labute approximate surface area is 272 Å². The quantitative estimate of drug-likeness (QED) is 0.195. The van der Waals surface area contributed by atoms with Crippen molar-refractivity contribution in [1.29, 1.82) is 5.26 Å². The van der Waals surface area contributed by atoms with E-state index in [1.54, 1.807) is 6.20 Å². The summed E-state index contributed by atoms with van der Waals surface area (Å²) in [5, 5.41) is 20.1. The van der Waals surface area contributed by atoms with Crippen LogP contribution in [0.15, 0.2) is 134 Å². The highest BCUT2D eigenvalue weighted by molar-refractivity contribution is 6.34. The van der Waals surface area contributed by atoms with Crippen LogP contribution in [0.25, 0.3) is 98.9 Å². The highest BCUT2D eigenvalue weighted by atomic mass is 15.2. The molecule has 6 heteroatoms. The smallest absolute Gasteiger partial charge is 0.237 e. The summed E-state index contributed by atoms with van der Waals surface area (Å²) < 4.78 is 4.66. The van der Waals surface area contributed by atoms with E-state index >= 15 is 0 Å². The summed E-state index contributed by atoms with van der Waals surface area (Å²) in [6.45, 7) is 0. The first-order valence-electron chi connectivity index (χ1n) is 15.9. The van der Waals surface area contributed by atoms with E-state index in [1.807, 2.05) is 36.4 Å². The van der Waals surface area contributed by atoms with Gasteiger partial charge in [-0.15, -0.1) is 0 Å². The predicted octanol–water partition coefficient (Wildman–Crippen LogP) is 9.96. The molecular formula is C42H22N6. The molecule has 5 aromatic heterocycles. The SMILES string of the molecule is N#Cc1cccc(-c2nc(-n3c4ccccc4c4cc5c6ccccc6n6c7cc8ccccc8cc7c(c43)c56)nc3ncccc23)c1. The first-order chi connectivity index (χ1) is 23.8. The van der Waals surface area contributed by atoms with Crippen molar-refractivity contribution in [1.82, 2.24) is 23.9 Å². The second-order valence-electron chi connectivity index (χ2n) is 12.4. The summed E-state index contributed by atoms with van der Waals surface area (Å²) in [6, 6.07) is 46.6. The van der Waals surface area contributed by atoms with Crippen molar-refractivity contribution in [3.63, 3.8) is 0 Å². The van der Waals surface area contributed by atoms with Crippen molar-refractivity contribution in [2.75, 3.05) is 0 Å². The zero-order chi connectivity index (χ0) is 31.5. The van der Waals surface area contributed by atoms with E-state index in [-0.39, 0.29) is 0 Å². The van der Waals surface area contributed by atoms with E-state index in [0.29, 0.717) is 17.2 Å². The zero-order valence-electron chi connectivity index (χ0n) is 25.4. The van der Waals surface area contributed by atoms with E-state index in [2.05, 4.69) is 106 Å².